The van der Waals surface area contributed by atoms with E-state index in [-0.39, 0.29) is 0 Å². The maximum Gasteiger partial charge on any atom is 0.136 e. The molecule has 1 aromatic heterocycles. The van der Waals surface area contributed by atoms with Gasteiger partial charge in [-0.15, -0.1) is 0 Å². The number of nitrogens with one attached hydrogen (secondary N) is 1. The van der Waals surface area contributed by atoms with Crippen molar-refractivity contribution in [3.05, 3.63) is 11.9 Å². The van der Waals surface area contributed by atoms with Crippen molar-refractivity contribution in [2.45, 2.75) is 31.2 Å². The van der Waals surface area contributed by atoms with Gasteiger partial charge in [-0.1, -0.05) is 0 Å². The Morgan fingerprint density at radius 1 is 1.26 bits per heavy atom. The maximum atomic E-state index is 4.78. The lowest BCUT2D eigenvalue weighted by molar-refractivity contribution is 0.315. The van der Waals surface area contributed by atoms with Crippen LogP contribution in [0.15, 0.2) is 6.07 Å². The highest BCUT2D eigenvalue weighted by Crippen LogP contribution is 2.39. The Balaban J connectivity index is 1.82. The second-order valence-corrected chi connectivity index (χ2v) is 5.85. The molecule has 1 atom stereocenters. The third-order valence-electron chi connectivity index (χ3n) is 4.15. The predicted octanol–water partition coefficient (Wildman–Crippen LogP) is 1.54. The zero-order valence-corrected chi connectivity index (χ0v) is 12.1. The SMILES string of the molecule is CNc1cc(N2CCC(N(C)C)C2)nc(C2CC2)n1. The van der Waals surface area contributed by atoms with Gasteiger partial charge in [-0.25, -0.2) is 9.97 Å². The molecule has 2 fully saturated rings. The molecular weight excluding hydrogens is 238 g/mol. The number of likely N-dealkylation sites (N-methyl/N-ethyl adjacent to an activating group) is 1. The van der Waals surface area contributed by atoms with Crippen LogP contribution in [0.3, 0.4) is 0 Å². The fourth-order valence-electron chi connectivity index (χ4n) is 2.64. The van der Waals surface area contributed by atoms with Gasteiger partial charge in [0.15, 0.2) is 0 Å². The van der Waals surface area contributed by atoms with Crippen molar-refractivity contribution < 1.29 is 0 Å². The van der Waals surface area contributed by atoms with E-state index in [4.69, 9.17) is 4.98 Å². The second kappa shape index (κ2) is 4.96. The van der Waals surface area contributed by atoms with Crippen LogP contribution < -0.4 is 10.2 Å². The molecule has 0 radical (unpaired) electrons. The number of hydrogen-bond acceptors (Lipinski definition) is 5. The zero-order chi connectivity index (χ0) is 13.4. The van der Waals surface area contributed by atoms with Crippen LogP contribution in [-0.4, -0.2) is 55.1 Å². The van der Waals surface area contributed by atoms with Crippen molar-refractivity contribution >= 4 is 11.6 Å². The quantitative estimate of drug-likeness (QED) is 0.890. The Bertz CT molecular complexity index is 455. The van der Waals surface area contributed by atoms with Gasteiger partial charge >= 0.3 is 0 Å². The molecule has 1 aromatic rings. The van der Waals surface area contributed by atoms with Crippen LogP contribution in [0.1, 0.15) is 31.0 Å². The zero-order valence-electron chi connectivity index (χ0n) is 12.1. The number of anilines is 2. The maximum absolute atomic E-state index is 4.78. The number of hydrogen-bond donors (Lipinski definition) is 1. The Morgan fingerprint density at radius 2 is 2.05 bits per heavy atom. The number of nitrogens with zero attached hydrogens (tertiary/aromatic N) is 4. The summed E-state index contributed by atoms with van der Waals surface area (Å²) in [6.07, 6.45) is 3.70. The standard InChI is InChI=1S/C14H23N5/c1-15-12-8-13(17-14(16-12)10-4-5-10)19-7-6-11(9-19)18(2)3/h8,10-11H,4-7,9H2,1-3H3,(H,15,16,17). The van der Waals surface area contributed by atoms with Gasteiger partial charge in [-0.2, -0.15) is 0 Å². The largest absolute Gasteiger partial charge is 0.373 e. The van der Waals surface area contributed by atoms with Crippen LogP contribution in [0.25, 0.3) is 0 Å². The fourth-order valence-corrected chi connectivity index (χ4v) is 2.64. The fraction of sp³-hybridized carbons (Fsp3) is 0.714. The Hall–Kier alpha value is -1.36. The molecule has 1 saturated carbocycles. The van der Waals surface area contributed by atoms with E-state index in [0.717, 1.165) is 30.5 Å². The average molecular weight is 261 g/mol. The van der Waals surface area contributed by atoms with E-state index in [2.05, 4.69) is 40.3 Å². The van der Waals surface area contributed by atoms with E-state index < -0.39 is 0 Å². The van der Waals surface area contributed by atoms with Crippen LogP contribution in [0.4, 0.5) is 11.6 Å². The lowest BCUT2D eigenvalue weighted by Gasteiger charge is -2.21. The minimum atomic E-state index is 0.597. The molecular formula is C14H23N5. The van der Waals surface area contributed by atoms with E-state index in [1.54, 1.807) is 0 Å². The lowest BCUT2D eigenvalue weighted by Crippen LogP contribution is -2.31. The summed E-state index contributed by atoms with van der Waals surface area (Å²) in [7, 11) is 6.24. The van der Waals surface area contributed by atoms with Crippen molar-refractivity contribution in [1.82, 2.24) is 14.9 Å². The molecule has 104 valence electrons. The third-order valence-corrected chi connectivity index (χ3v) is 4.15. The van der Waals surface area contributed by atoms with Crippen LogP contribution in [0.5, 0.6) is 0 Å². The van der Waals surface area contributed by atoms with Gasteiger partial charge in [0.25, 0.3) is 0 Å². The first-order valence-electron chi connectivity index (χ1n) is 7.15. The Kier molecular flexibility index (Phi) is 3.31. The summed E-state index contributed by atoms with van der Waals surface area (Å²) in [5.41, 5.74) is 0. The number of rotatable bonds is 4. The highest BCUT2D eigenvalue weighted by molar-refractivity contribution is 5.50. The first-order chi connectivity index (χ1) is 9.17. The van der Waals surface area contributed by atoms with Crippen LogP contribution in [0.2, 0.25) is 0 Å². The molecule has 0 bridgehead atoms. The predicted molar refractivity (Wildman–Crippen MR) is 77.9 cm³/mol. The van der Waals surface area contributed by atoms with Crippen molar-refractivity contribution in [2.75, 3.05) is 44.4 Å². The molecule has 2 aliphatic rings. The summed E-state index contributed by atoms with van der Waals surface area (Å²) in [6, 6.07) is 2.71. The van der Waals surface area contributed by atoms with E-state index in [9.17, 15) is 0 Å². The third kappa shape index (κ3) is 2.66. The molecule has 19 heavy (non-hydrogen) atoms. The van der Waals surface area contributed by atoms with Gasteiger partial charge in [0.1, 0.15) is 17.5 Å². The number of aromatic nitrogens is 2. The first kappa shape index (κ1) is 12.7. The highest BCUT2D eigenvalue weighted by atomic mass is 15.3. The minimum Gasteiger partial charge on any atom is -0.373 e. The van der Waals surface area contributed by atoms with E-state index in [0.29, 0.717) is 12.0 Å². The molecule has 5 heteroatoms. The van der Waals surface area contributed by atoms with Crippen LogP contribution in [0, 0.1) is 0 Å². The highest BCUT2D eigenvalue weighted by Gasteiger charge is 2.30. The van der Waals surface area contributed by atoms with Gasteiger partial charge < -0.3 is 15.1 Å². The van der Waals surface area contributed by atoms with Crippen molar-refractivity contribution in [2.24, 2.45) is 0 Å². The van der Waals surface area contributed by atoms with E-state index in [1.165, 1.54) is 19.3 Å². The second-order valence-electron chi connectivity index (χ2n) is 5.85. The summed E-state index contributed by atoms with van der Waals surface area (Å²) in [5.74, 6) is 3.65. The molecule has 0 amide bonds. The van der Waals surface area contributed by atoms with Gasteiger partial charge in [0.05, 0.1) is 0 Å². The summed E-state index contributed by atoms with van der Waals surface area (Å²) >= 11 is 0. The molecule has 2 heterocycles. The van der Waals surface area contributed by atoms with Crippen molar-refractivity contribution in [3.8, 4) is 0 Å². The molecule has 0 aromatic carbocycles. The molecule has 1 saturated heterocycles. The Morgan fingerprint density at radius 3 is 2.63 bits per heavy atom. The molecule has 1 aliphatic heterocycles. The van der Waals surface area contributed by atoms with Gasteiger partial charge in [0, 0.05) is 38.2 Å². The van der Waals surface area contributed by atoms with E-state index in [1.807, 2.05) is 7.05 Å². The van der Waals surface area contributed by atoms with Crippen molar-refractivity contribution in [3.63, 3.8) is 0 Å². The summed E-state index contributed by atoms with van der Waals surface area (Å²) in [6.45, 7) is 2.16. The topological polar surface area (TPSA) is 44.3 Å². The molecule has 1 N–H and O–H groups in total. The Labute approximate surface area is 115 Å². The monoisotopic (exact) mass is 261 g/mol. The molecule has 3 rings (SSSR count). The van der Waals surface area contributed by atoms with E-state index >= 15 is 0 Å². The molecule has 0 spiro atoms. The average Bonchev–Trinajstić information content (AvgIpc) is 3.14. The summed E-state index contributed by atoms with van der Waals surface area (Å²) in [5, 5.41) is 3.16. The van der Waals surface area contributed by atoms with Crippen LogP contribution >= 0.6 is 0 Å². The first-order valence-corrected chi connectivity index (χ1v) is 7.15. The van der Waals surface area contributed by atoms with Gasteiger partial charge in [0.2, 0.25) is 0 Å². The normalized spacial score (nSPS) is 23.2. The smallest absolute Gasteiger partial charge is 0.136 e. The lowest BCUT2D eigenvalue weighted by atomic mass is 10.2. The van der Waals surface area contributed by atoms with Gasteiger partial charge in [-0.05, 0) is 33.4 Å². The molecule has 5 nitrogen and oxygen atoms in total. The van der Waals surface area contributed by atoms with Crippen molar-refractivity contribution in [1.29, 1.82) is 0 Å². The molecule has 1 aliphatic carbocycles. The summed E-state index contributed by atoms with van der Waals surface area (Å²) < 4.78 is 0. The van der Waals surface area contributed by atoms with Gasteiger partial charge in [-0.3, -0.25) is 0 Å². The summed E-state index contributed by atoms with van der Waals surface area (Å²) in [4.78, 5) is 14.1. The van der Waals surface area contributed by atoms with Crippen LogP contribution in [-0.2, 0) is 0 Å². The molecule has 1 unspecified atom stereocenters. The minimum absolute atomic E-state index is 0.597.